The maximum Gasteiger partial charge on any atom is 0.119 e. The number of rotatable bonds is 1. The molecule has 25 heavy (non-hydrogen) atoms. The first-order valence-electron chi connectivity index (χ1n) is 10.2. The third-order valence-electron chi connectivity index (χ3n) is 6.10. The molecule has 1 saturated carbocycles. The van der Waals surface area contributed by atoms with Crippen LogP contribution < -0.4 is 4.74 Å². The molecule has 3 aliphatic carbocycles. The van der Waals surface area contributed by atoms with Crippen LogP contribution in [-0.4, -0.2) is 18.3 Å². The molecule has 1 N–H and O–H groups in total. The van der Waals surface area contributed by atoms with Crippen molar-refractivity contribution in [2.45, 2.75) is 84.7 Å². The fourth-order valence-electron chi connectivity index (χ4n) is 5.04. The molecule has 3 atom stereocenters. The van der Waals surface area contributed by atoms with Gasteiger partial charge in [0.25, 0.3) is 0 Å². The maximum absolute atomic E-state index is 10.0. The Morgan fingerprint density at radius 1 is 1.12 bits per heavy atom. The van der Waals surface area contributed by atoms with Gasteiger partial charge in [0, 0.05) is 5.41 Å². The summed E-state index contributed by atoms with van der Waals surface area (Å²) >= 11 is 0. The van der Waals surface area contributed by atoms with Crippen LogP contribution in [0.15, 0.2) is 29.3 Å². The molecule has 1 fully saturated rings. The second-order valence-corrected chi connectivity index (χ2v) is 7.19. The minimum atomic E-state index is -0.0999. The summed E-state index contributed by atoms with van der Waals surface area (Å²) in [6, 6.07) is 6.60. The Morgan fingerprint density at radius 2 is 1.84 bits per heavy atom. The van der Waals surface area contributed by atoms with E-state index < -0.39 is 0 Å². The van der Waals surface area contributed by atoms with Crippen molar-refractivity contribution in [3.05, 3.63) is 40.5 Å². The summed E-state index contributed by atoms with van der Waals surface area (Å²) in [6.45, 7) is 10.4. The van der Waals surface area contributed by atoms with Crippen molar-refractivity contribution in [2.24, 2.45) is 5.92 Å². The minimum Gasteiger partial charge on any atom is -0.497 e. The average molecular weight is 345 g/mol. The van der Waals surface area contributed by atoms with Crippen molar-refractivity contribution < 1.29 is 9.84 Å². The fraction of sp³-hybridized carbons (Fsp3) is 0.652. The Morgan fingerprint density at radius 3 is 2.52 bits per heavy atom. The van der Waals surface area contributed by atoms with Gasteiger partial charge < -0.3 is 9.84 Å². The SMILES string of the molecule is CC.CC.COc1ccc2c(c1)CCC1=C3CC(O)CC3CCC12C. The number of aliphatic hydroxyl groups excluding tert-OH is 1. The molecule has 3 unspecified atom stereocenters. The lowest BCUT2D eigenvalue weighted by Gasteiger charge is -2.44. The quantitative estimate of drug-likeness (QED) is 0.651. The van der Waals surface area contributed by atoms with Gasteiger partial charge in [-0.3, -0.25) is 0 Å². The van der Waals surface area contributed by atoms with Crippen molar-refractivity contribution in [3.63, 3.8) is 0 Å². The Bertz CT molecular complexity index is 617. The van der Waals surface area contributed by atoms with Crippen molar-refractivity contribution in [1.29, 1.82) is 0 Å². The lowest BCUT2D eigenvalue weighted by atomic mass is 9.60. The zero-order chi connectivity index (χ0) is 18.6. The molecule has 1 aromatic carbocycles. The number of aryl methyl sites for hydroxylation is 1. The van der Waals surface area contributed by atoms with Gasteiger partial charge in [0.2, 0.25) is 0 Å². The molecule has 0 bridgehead atoms. The molecule has 0 aliphatic heterocycles. The Balaban J connectivity index is 0.000000528. The largest absolute Gasteiger partial charge is 0.497 e. The van der Waals surface area contributed by atoms with Gasteiger partial charge in [-0.25, -0.2) is 0 Å². The molecule has 0 radical (unpaired) electrons. The molecular formula is C23H36O2. The Labute approximate surface area is 154 Å². The molecule has 0 saturated heterocycles. The van der Waals surface area contributed by atoms with Gasteiger partial charge in [-0.05, 0) is 67.7 Å². The van der Waals surface area contributed by atoms with E-state index in [-0.39, 0.29) is 11.5 Å². The normalized spacial score (nSPS) is 29.2. The third kappa shape index (κ3) is 3.51. The Kier molecular flexibility index (Phi) is 6.73. The molecule has 140 valence electrons. The lowest BCUT2D eigenvalue weighted by Crippen LogP contribution is -2.35. The molecule has 0 amide bonds. The average Bonchev–Trinajstić information content (AvgIpc) is 3.04. The van der Waals surface area contributed by atoms with E-state index in [4.69, 9.17) is 4.74 Å². The molecule has 3 aliphatic rings. The number of fused-ring (bicyclic) bond motifs is 4. The molecule has 4 rings (SSSR count). The minimum absolute atomic E-state index is 0.0999. The van der Waals surface area contributed by atoms with Crippen LogP contribution in [0.5, 0.6) is 5.75 Å². The summed E-state index contributed by atoms with van der Waals surface area (Å²) in [6.07, 6.45) is 6.54. The zero-order valence-corrected chi connectivity index (χ0v) is 17.0. The maximum atomic E-state index is 10.0. The summed E-state index contributed by atoms with van der Waals surface area (Å²) < 4.78 is 5.39. The highest BCUT2D eigenvalue weighted by molar-refractivity contribution is 5.51. The predicted molar refractivity (Wildman–Crippen MR) is 106 cm³/mol. The molecule has 1 aromatic rings. The number of hydrogen-bond acceptors (Lipinski definition) is 2. The smallest absolute Gasteiger partial charge is 0.119 e. The van der Waals surface area contributed by atoms with E-state index in [1.165, 1.54) is 24.0 Å². The highest BCUT2D eigenvalue weighted by atomic mass is 16.5. The first-order chi connectivity index (χ1) is 12.1. The summed E-state index contributed by atoms with van der Waals surface area (Å²) in [5, 5.41) is 10.0. The van der Waals surface area contributed by atoms with Crippen LogP contribution in [0.3, 0.4) is 0 Å². The monoisotopic (exact) mass is 344 g/mol. The van der Waals surface area contributed by atoms with Gasteiger partial charge in [0.1, 0.15) is 5.75 Å². The van der Waals surface area contributed by atoms with E-state index in [1.807, 2.05) is 27.7 Å². The van der Waals surface area contributed by atoms with Gasteiger partial charge in [0.05, 0.1) is 13.2 Å². The van der Waals surface area contributed by atoms with E-state index in [0.717, 1.165) is 31.4 Å². The van der Waals surface area contributed by atoms with E-state index in [0.29, 0.717) is 5.92 Å². The number of benzene rings is 1. The topological polar surface area (TPSA) is 29.5 Å². The lowest BCUT2D eigenvalue weighted by molar-refractivity contribution is 0.177. The van der Waals surface area contributed by atoms with Gasteiger partial charge in [-0.15, -0.1) is 0 Å². The van der Waals surface area contributed by atoms with Crippen molar-refractivity contribution in [1.82, 2.24) is 0 Å². The second-order valence-electron chi connectivity index (χ2n) is 7.19. The Hall–Kier alpha value is -1.28. The number of allylic oxidation sites excluding steroid dienone is 1. The van der Waals surface area contributed by atoms with E-state index in [1.54, 1.807) is 18.3 Å². The molecule has 0 aromatic heterocycles. The number of ether oxygens (including phenoxy) is 1. The van der Waals surface area contributed by atoms with Crippen LogP contribution in [-0.2, 0) is 11.8 Å². The van der Waals surface area contributed by atoms with Gasteiger partial charge in [-0.2, -0.15) is 0 Å². The summed E-state index contributed by atoms with van der Waals surface area (Å²) in [4.78, 5) is 0. The third-order valence-corrected chi connectivity index (χ3v) is 6.10. The number of hydrogen-bond donors (Lipinski definition) is 1. The van der Waals surface area contributed by atoms with E-state index >= 15 is 0 Å². The molecule has 2 nitrogen and oxygen atoms in total. The van der Waals surface area contributed by atoms with Crippen LogP contribution in [0.4, 0.5) is 0 Å². The van der Waals surface area contributed by atoms with E-state index in [2.05, 4.69) is 25.1 Å². The molecule has 2 heteroatoms. The van der Waals surface area contributed by atoms with Crippen LogP contribution in [0.25, 0.3) is 0 Å². The first-order valence-corrected chi connectivity index (χ1v) is 10.2. The van der Waals surface area contributed by atoms with Gasteiger partial charge in [0.15, 0.2) is 0 Å². The number of methoxy groups -OCH3 is 1. The van der Waals surface area contributed by atoms with Crippen molar-refractivity contribution >= 4 is 0 Å². The van der Waals surface area contributed by atoms with Crippen LogP contribution in [0, 0.1) is 5.92 Å². The highest BCUT2D eigenvalue weighted by Crippen LogP contribution is 2.54. The summed E-state index contributed by atoms with van der Waals surface area (Å²) in [5.41, 5.74) is 6.39. The molecule has 0 heterocycles. The summed E-state index contributed by atoms with van der Waals surface area (Å²) in [5.74, 6) is 1.63. The van der Waals surface area contributed by atoms with Crippen LogP contribution >= 0.6 is 0 Å². The molecular weight excluding hydrogens is 308 g/mol. The first kappa shape index (κ1) is 20.0. The molecule has 0 spiro atoms. The highest BCUT2D eigenvalue weighted by Gasteiger charge is 2.45. The fourth-order valence-corrected chi connectivity index (χ4v) is 5.04. The zero-order valence-electron chi connectivity index (χ0n) is 17.0. The number of aliphatic hydroxyl groups is 1. The predicted octanol–water partition coefficient (Wildman–Crippen LogP) is 5.81. The van der Waals surface area contributed by atoms with Crippen molar-refractivity contribution in [2.75, 3.05) is 7.11 Å². The van der Waals surface area contributed by atoms with Crippen LogP contribution in [0.2, 0.25) is 0 Å². The summed E-state index contributed by atoms with van der Waals surface area (Å²) in [7, 11) is 1.74. The second kappa shape index (κ2) is 8.40. The van der Waals surface area contributed by atoms with Crippen LogP contribution in [0.1, 0.15) is 77.8 Å². The standard InChI is InChI=1S/C19H24O2.2C2H6/c1-19-8-7-12-9-14(20)11-16(12)18(19)5-3-13-10-15(21-2)4-6-17(13)19;2*1-2/h4,6,10,12,14,20H,3,5,7-9,11H2,1-2H3;2*1-2H3. The van der Waals surface area contributed by atoms with Crippen molar-refractivity contribution in [3.8, 4) is 5.75 Å². The van der Waals surface area contributed by atoms with E-state index in [9.17, 15) is 5.11 Å². The van der Waals surface area contributed by atoms with Gasteiger partial charge >= 0.3 is 0 Å². The van der Waals surface area contributed by atoms with Gasteiger partial charge in [-0.1, -0.05) is 51.8 Å².